The molecule has 1 fully saturated rings. The Morgan fingerprint density at radius 3 is 2.76 bits per heavy atom. The van der Waals surface area contributed by atoms with E-state index in [1.807, 2.05) is 0 Å². The molecule has 1 saturated heterocycles. The molecule has 1 aromatic heterocycles. The van der Waals surface area contributed by atoms with E-state index >= 15 is 0 Å². The highest BCUT2D eigenvalue weighted by atomic mass is 15.3. The molecule has 1 N–H and O–H groups in total. The third-order valence-electron chi connectivity index (χ3n) is 5.02. The molecule has 1 aliphatic heterocycles. The SMILES string of the molecule is CCC(C)C1CNC(C)CN1Cc1ccn(C(C)CC)n1. The minimum Gasteiger partial charge on any atom is -0.311 e. The van der Waals surface area contributed by atoms with Gasteiger partial charge in [0.05, 0.1) is 5.69 Å². The Labute approximate surface area is 129 Å². The quantitative estimate of drug-likeness (QED) is 0.875. The third-order valence-corrected chi connectivity index (χ3v) is 5.02. The summed E-state index contributed by atoms with van der Waals surface area (Å²) in [5.74, 6) is 0.724. The van der Waals surface area contributed by atoms with Crippen LogP contribution in [0, 0.1) is 5.92 Å². The van der Waals surface area contributed by atoms with Gasteiger partial charge < -0.3 is 5.32 Å². The maximum atomic E-state index is 4.77. The molecule has 2 heterocycles. The van der Waals surface area contributed by atoms with Crippen LogP contribution < -0.4 is 5.32 Å². The van der Waals surface area contributed by atoms with Crippen LogP contribution in [0.4, 0.5) is 0 Å². The van der Waals surface area contributed by atoms with Gasteiger partial charge in [0.15, 0.2) is 0 Å². The molecule has 0 saturated carbocycles. The summed E-state index contributed by atoms with van der Waals surface area (Å²) in [5.41, 5.74) is 1.21. The molecule has 0 aromatic carbocycles. The summed E-state index contributed by atoms with van der Waals surface area (Å²) < 4.78 is 2.11. The maximum absolute atomic E-state index is 4.77. The zero-order valence-corrected chi connectivity index (χ0v) is 14.3. The van der Waals surface area contributed by atoms with Gasteiger partial charge in [-0.15, -0.1) is 0 Å². The molecule has 0 aliphatic carbocycles. The molecular formula is C17H32N4. The van der Waals surface area contributed by atoms with Crippen LogP contribution >= 0.6 is 0 Å². The normalized spacial score (nSPS) is 26.7. The van der Waals surface area contributed by atoms with Gasteiger partial charge in [0.1, 0.15) is 0 Å². The van der Waals surface area contributed by atoms with Crippen LogP contribution in [-0.4, -0.2) is 39.9 Å². The van der Waals surface area contributed by atoms with Crippen molar-refractivity contribution in [3.8, 4) is 0 Å². The molecule has 0 bridgehead atoms. The summed E-state index contributed by atoms with van der Waals surface area (Å²) in [7, 11) is 0. The van der Waals surface area contributed by atoms with Gasteiger partial charge in [0.2, 0.25) is 0 Å². The summed E-state index contributed by atoms with van der Waals surface area (Å²) in [4.78, 5) is 2.62. The van der Waals surface area contributed by atoms with Gasteiger partial charge in [0.25, 0.3) is 0 Å². The monoisotopic (exact) mass is 292 g/mol. The van der Waals surface area contributed by atoms with E-state index < -0.39 is 0 Å². The van der Waals surface area contributed by atoms with Crippen molar-refractivity contribution < 1.29 is 0 Å². The van der Waals surface area contributed by atoms with E-state index in [9.17, 15) is 0 Å². The van der Waals surface area contributed by atoms with Crippen molar-refractivity contribution in [2.75, 3.05) is 13.1 Å². The van der Waals surface area contributed by atoms with E-state index in [0.717, 1.165) is 32.0 Å². The zero-order valence-electron chi connectivity index (χ0n) is 14.3. The molecule has 0 radical (unpaired) electrons. The van der Waals surface area contributed by atoms with E-state index in [2.05, 4.69) is 61.8 Å². The number of piperazine rings is 1. The first kappa shape index (κ1) is 16.5. The van der Waals surface area contributed by atoms with Gasteiger partial charge >= 0.3 is 0 Å². The molecule has 4 nitrogen and oxygen atoms in total. The van der Waals surface area contributed by atoms with Crippen LogP contribution in [0.2, 0.25) is 0 Å². The number of hydrogen-bond acceptors (Lipinski definition) is 3. The standard InChI is InChI=1S/C17H32N4/c1-6-13(3)17-10-18-14(4)11-20(17)12-16-8-9-21(19-16)15(5)7-2/h8-9,13-15,17-18H,6-7,10-12H2,1-5H3. The van der Waals surface area contributed by atoms with Crippen molar-refractivity contribution in [3.05, 3.63) is 18.0 Å². The topological polar surface area (TPSA) is 33.1 Å². The Bertz CT molecular complexity index is 428. The smallest absolute Gasteiger partial charge is 0.0765 e. The molecule has 1 aliphatic rings. The third kappa shape index (κ3) is 4.07. The first-order valence-electron chi connectivity index (χ1n) is 8.56. The summed E-state index contributed by atoms with van der Waals surface area (Å²) >= 11 is 0. The van der Waals surface area contributed by atoms with Gasteiger partial charge in [-0.1, -0.05) is 27.2 Å². The second-order valence-corrected chi connectivity index (χ2v) is 6.74. The fourth-order valence-electron chi connectivity index (χ4n) is 3.12. The van der Waals surface area contributed by atoms with Gasteiger partial charge in [-0.25, -0.2) is 0 Å². The van der Waals surface area contributed by atoms with Crippen LogP contribution in [0.25, 0.3) is 0 Å². The molecule has 1 aromatic rings. The number of nitrogens with one attached hydrogen (secondary N) is 1. The number of hydrogen-bond donors (Lipinski definition) is 1. The highest BCUT2D eigenvalue weighted by Gasteiger charge is 2.29. The van der Waals surface area contributed by atoms with Gasteiger partial charge in [-0.05, 0) is 32.3 Å². The molecular weight excluding hydrogens is 260 g/mol. The zero-order chi connectivity index (χ0) is 15.4. The predicted octanol–water partition coefficient (Wildman–Crippen LogP) is 3.06. The predicted molar refractivity (Wildman–Crippen MR) is 88.3 cm³/mol. The van der Waals surface area contributed by atoms with Crippen molar-refractivity contribution in [2.24, 2.45) is 5.92 Å². The lowest BCUT2D eigenvalue weighted by Gasteiger charge is -2.42. The van der Waals surface area contributed by atoms with Crippen LogP contribution in [0.5, 0.6) is 0 Å². The van der Waals surface area contributed by atoms with E-state index in [0.29, 0.717) is 18.1 Å². The molecule has 4 atom stereocenters. The van der Waals surface area contributed by atoms with Gasteiger partial charge in [0, 0.05) is 44.0 Å². The Kier molecular flexibility index (Phi) is 5.82. The van der Waals surface area contributed by atoms with Gasteiger partial charge in [-0.2, -0.15) is 5.10 Å². The summed E-state index contributed by atoms with van der Waals surface area (Å²) in [5, 5.41) is 8.40. The summed E-state index contributed by atoms with van der Waals surface area (Å²) in [6, 6.07) is 3.87. The Hall–Kier alpha value is -0.870. The Morgan fingerprint density at radius 2 is 2.10 bits per heavy atom. The first-order chi connectivity index (χ1) is 10.0. The molecule has 120 valence electrons. The summed E-state index contributed by atoms with van der Waals surface area (Å²) in [6.07, 6.45) is 4.49. The summed E-state index contributed by atoms with van der Waals surface area (Å²) in [6.45, 7) is 14.6. The Balaban J connectivity index is 2.05. The first-order valence-corrected chi connectivity index (χ1v) is 8.56. The highest BCUT2D eigenvalue weighted by Crippen LogP contribution is 2.20. The maximum Gasteiger partial charge on any atom is 0.0765 e. The van der Waals surface area contributed by atoms with E-state index in [4.69, 9.17) is 5.10 Å². The fourth-order valence-corrected chi connectivity index (χ4v) is 3.12. The molecule has 2 rings (SSSR count). The largest absolute Gasteiger partial charge is 0.311 e. The molecule has 4 unspecified atom stereocenters. The molecule has 21 heavy (non-hydrogen) atoms. The molecule has 0 spiro atoms. The van der Waals surface area contributed by atoms with Crippen LogP contribution in [0.3, 0.4) is 0 Å². The lowest BCUT2D eigenvalue weighted by molar-refractivity contribution is 0.0870. The van der Waals surface area contributed by atoms with Crippen molar-refractivity contribution in [3.63, 3.8) is 0 Å². The lowest BCUT2D eigenvalue weighted by Crippen LogP contribution is -2.57. The average Bonchev–Trinajstić information content (AvgIpc) is 2.94. The lowest BCUT2D eigenvalue weighted by atomic mass is 9.94. The highest BCUT2D eigenvalue weighted by molar-refractivity contribution is 5.01. The fraction of sp³-hybridized carbons (Fsp3) is 0.824. The second kappa shape index (κ2) is 7.41. The molecule has 4 heteroatoms. The second-order valence-electron chi connectivity index (χ2n) is 6.74. The minimum atomic E-state index is 0.492. The van der Waals surface area contributed by atoms with Crippen molar-refractivity contribution in [1.29, 1.82) is 0 Å². The number of rotatable bonds is 6. The van der Waals surface area contributed by atoms with E-state index in [1.54, 1.807) is 0 Å². The van der Waals surface area contributed by atoms with E-state index in [-0.39, 0.29) is 0 Å². The van der Waals surface area contributed by atoms with Crippen LogP contribution in [-0.2, 0) is 6.54 Å². The van der Waals surface area contributed by atoms with Gasteiger partial charge in [-0.3, -0.25) is 9.58 Å². The number of aromatic nitrogens is 2. The van der Waals surface area contributed by atoms with Crippen molar-refractivity contribution in [2.45, 2.75) is 72.1 Å². The number of nitrogens with zero attached hydrogens (tertiary/aromatic N) is 3. The van der Waals surface area contributed by atoms with Crippen molar-refractivity contribution in [1.82, 2.24) is 20.0 Å². The average molecular weight is 292 g/mol. The minimum absolute atomic E-state index is 0.492. The Morgan fingerprint density at radius 1 is 1.33 bits per heavy atom. The molecule has 0 amide bonds. The van der Waals surface area contributed by atoms with E-state index in [1.165, 1.54) is 12.1 Å². The van der Waals surface area contributed by atoms with Crippen molar-refractivity contribution >= 4 is 0 Å². The van der Waals surface area contributed by atoms with Crippen LogP contribution in [0.15, 0.2) is 12.3 Å². The van der Waals surface area contributed by atoms with Crippen LogP contribution in [0.1, 0.15) is 59.2 Å².